The maximum absolute atomic E-state index is 11.0. The molecule has 0 aliphatic rings. The Hall–Kier alpha value is -0.480. The number of unbranched alkanes of at least 4 members (excludes halogenated alkanes) is 6. The molecule has 12 heteroatoms. The van der Waals surface area contributed by atoms with Gasteiger partial charge in [0, 0.05) is 85.3 Å². The molecule has 0 radical (unpaired) electrons. The van der Waals surface area contributed by atoms with E-state index in [-0.39, 0.29) is 26.4 Å². The van der Waals surface area contributed by atoms with Crippen molar-refractivity contribution in [1.29, 1.82) is 0 Å². The third-order valence-electron chi connectivity index (χ3n) is 8.76. The molecule has 308 valence electrons. The molecular weight excluding hydrogens is 654 g/mol. The second kappa shape index (κ2) is 36.5. The van der Waals surface area contributed by atoms with Crippen LogP contribution in [0.4, 0.5) is 0 Å². The van der Waals surface area contributed by atoms with Gasteiger partial charge in [0.2, 0.25) is 0 Å². The Morgan fingerprint density at radius 1 is 0.353 bits per heavy atom. The summed E-state index contributed by atoms with van der Waals surface area (Å²) in [5.41, 5.74) is 0. The van der Waals surface area contributed by atoms with Crippen LogP contribution in [0, 0.1) is 0 Å². The zero-order valence-electron chi connectivity index (χ0n) is 33.6. The lowest BCUT2D eigenvalue weighted by atomic mass is 10.1. The fraction of sp³-hybridized carbons (Fsp3) is 1.00. The van der Waals surface area contributed by atoms with Gasteiger partial charge in [-0.05, 0) is 32.1 Å². The zero-order chi connectivity index (χ0) is 38.0. The SMILES string of the molecule is CCCCCC(O)CN(CCN(CCN(CC(O)COCCCC)CC(O)COCCCC)CC(O)COCCCC)CC(O)COCCCC. The quantitative estimate of drug-likeness (QED) is 0.0587. The van der Waals surface area contributed by atoms with E-state index in [1.165, 1.54) is 0 Å². The van der Waals surface area contributed by atoms with Gasteiger partial charge >= 0.3 is 0 Å². The molecule has 0 aliphatic heterocycles. The summed E-state index contributed by atoms with van der Waals surface area (Å²) in [6.45, 7) is 18.2. The number of hydrogen-bond donors (Lipinski definition) is 5. The van der Waals surface area contributed by atoms with Crippen LogP contribution in [0.1, 0.15) is 112 Å². The van der Waals surface area contributed by atoms with Crippen LogP contribution in [-0.4, -0.2) is 183 Å². The molecule has 0 aromatic carbocycles. The second-order valence-corrected chi connectivity index (χ2v) is 14.3. The van der Waals surface area contributed by atoms with Gasteiger partial charge in [-0.25, -0.2) is 0 Å². The Morgan fingerprint density at radius 2 is 0.627 bits per heavy atom. The van der Waals surface area contributed by atoms with Gasteiger partial charge in [0.15, 0.2) is 0 Å². The highest BCUT2D eigenvalue weighted by atomic mass is 16.5. The molecule has 0 aromatic heterocycles. The van der Waals surface area contributed by atoms with Gasteiger partial charge in [0.05, 0.1) is 56.9 Å². The first-order valence-corrected chi connectivity index (χ1v) is 20.6. The van der Waals surface area contributed by atoms with Gasteiger partial charge in [0.25, 0.3) is 0 Å². The minimum Gasteiger partial charge on any atom is -0.392 e. The standard InChI is InChI=1S/C39H83N3O9/c1-6-11-16-17-35(43)26-41(28-37(45)32-49-23-13-8-3)20-18-40(27-36(44)31-48-22-12-7-2)19-21-42(29-38(46)33-50-24-14-9-4)30-39(47)34-51-25-15-10-5/h35-39,43-47H,6-34H2,1-5H3. The van der Waals surface area contributed by atoms with Gasteiger partial charge in [-0.2, -0.15) is 0 Å². The Balaban J connectivity index is 5.72. The monoisotopic (exact) mass is 738 g/mol. The number of rotatable bonds is 40. The topological polar surface area (TPSA) is 148 Å². The number of aliphatic hydroxyl groups is 5. The van der Waals surface area contributed by atoms with Crippen molar-refractivity contribution in [1.82, 2.24) is 14.7 Å². The first kappa shape index (κ1) is 50.5. The van der Waals surface area contributed by atoms with Crippen molar-refractivity contribution in [3.63, 3.8) is 0 Å². The van der Waals surface area contributed by atoms with Crippen LogP contribution < -0.4 is 0 Å². The van der Waals surface area contributed by atoms with Crippen molar-refractivity contribution in [3.05, 3.63) is 0 Å². The van der Waals surface area contributed by atoms with E-state index in [1.807, 2.05) is 4.90 Å². The third-order valence-corrected chi connectivity index (χ3v) is 8.76. The average Bonchev–Trinajstić information content (AvgIpc) is 3.10. The molecule has 0 rings (SSSR count). The summed E-state index contributed by atoms with van der Waals surface area (Å²) in [5.74, 6) is 0. The molecule has 0 spiro atoms. The molecule has 5 unspecified atom stereocenters. The third kappa shape index (κ3) is 32.7. The Bertz CT molecular complexity index is 695. The second-order valence-electron chi connectivity index (χ2n) is 14.3. The maximum Gasteiger partial charge on any atom is 0.0900 e. The molecule has 51 heavy (non-hydrogen) atoms. The highest BCUT2D eigenvalue weighted by Gasteiger charge is 2.21. The molecule has 12 nitrogen and oxygen atoms in total. The molecule has 0 aromatic rings. The van der Waals surface area contributed by atoms with Crippen molar-refractivity contribution < 1.29 is 44.5 Å². The van der Waals surface area contributed by atoms with Gasteiger partial charge < -0.3 is 44.5 Å². The fourth-order valence-electron chi connectivity index (χ4n) is 5.66. The largest absolute Gasteiger partial charge is 0.392 e. The first-order valence-electron chi connectivity index (χ1n) is 20.6. The molecule has 0 saturated heterocycles. The van der Waals surface area contributed by atoms with Gasteiger partial charge in [-0.3, -0.25) is 14.7 Å². The average molecular weight is 738 g/mol. The summed E-state index contributed by atoms with van der Waals surface area (Å²) in [6.07, 6.45) is 8.49. The van der Waals surface area contributed by atoms with E-state index in [9.17, 15) is 25.5 Å². The molecule has 0 aliphatic carbocycles. The van der Waals surface area contributed by atoms with Crippen molar-refractivity contribution in [2.45, 2.75) is 142 Å². The Labute approximate surface area is 312 Å². The molecule has 0 bridgehead atoms. The Kier molecular flexibility index (Phi) is 36.2. The van der Waals surface area contributed by atoms with Gasteiger partial charge in [-0.1, -0.05) is 79.6 Å². The van der Waals surface area contributed by atoms with E-state index in [0.29, 0.717) is 85.3 Å². The highest BCUT2D eigenvalue weighted by Crippen LogP contribution is 2.08. The maximum atomic E-state index is 11.0. The molecule has 0 fully saturated rings. The van der Waals surface area contributed by atoms with Gasteiger partial charge in [0.1, 0.15) is 0 Å². The minimum atomic E-state index is -0.702. The van der Waals surface area contributed by atoms with E-state index < -0.39 is 30.5 Å². The normalized spacial score (nSPS) is 15.2. The molecule has 5 atom stereocenters. The predicted octanol–water partition coefficient (Wildman–Crippen LogP) is 3.54. The van der Waals surface area contributed by atoms with E-state index in [2.05, 4.69) is 44.4 Å². The molecular formula is C39H83N3O9. The van der Waals surface area contributed by atoms with Crippen LogP contribution in [0.25, 0.3) is 0 Å². The molecule has 0 heterocycles. The molecule has 0 amide bonds. The number of aliphatic hydroxyl groups excluding tert-OH is 5. The van der Waals surface area contributed by atoms with Crippen molar-refractivity contribution in [2.75, 3.05) is 112 Å². The van der Waals surface area contributed by atoms with Crippen LogP contribution in [0.3, 0.4) is 0 Å². The van der Waals surface area contributed by atoms with E-state index >= 15 is 0 Å². The predicted molar refractivity (Wildman–Crippen MR) is 206 cm³/mol. The smallest absolute Gasteiger partial charge is 0.0900 e. The lowest BCUT2D eigenvalue weighted by Gasteiger charge is -2.33. The summed E-state index contributed by atoms with van der Waals surface area (Å²) in [4.78, 5) is 6.33. The number of ether oxygens (including phenoxy) is 4. The summed E-state index contributed by atoms with van der Waals surface area (Å²) in [5, 5.41) is 54.3. The van der Waals surface area contributed by atoms with Crippen LogP contribution in [0.5, 0.6) is 0 Å². The first-order chi connectivity index (χ1) is 24.7. The minimum absolute atomic E-state index is 0.233. The van der Waals surface area contributed by atoms with Crippen LogP contribution in [-0.2, 0) is 18.9 Å². The summed E-state index contributed by atoms with van der Waals surface area (Å²) >= 11 is 0. The number of nitrogens with zero attached hydrogens (tertiary/aromatic N) is 3. The summed E-state index contributed by atoms with van der Waals surface area (Å²) in [7, 11) is 0. The highest BCUT2D eigenvalue weighted by molar-refractivity contribution is 4.76. The summed E-state index contributed by atoms with van der Waals surface area (Å²) in [6, 6.07) is 0. The van der Waals surface area contributed by atoms with Gasteiger partial charge in [-0.15, -0.1) is 0 Å². The zero-order valence-corrected chi connectivity index (χ0v) is 33.6. The number of hydrogen-bond acceptors (Lipinski definition) is 12. The van der Waals surface area contributed by atoms with Crippen molar-refractivity contribution in [2.24, 2.45) is 0 Å². The van der Waals surface area contributed by atoms with E-state index in [4.69, 9.17) is 18.9 Å². The fourth-order valence-corrected chi connectivity index (χ4v) is 5.66. The van der Waals surface area contributed by atoms with Crippen LogP contribution >= 0.6 is 0 Å². The van der Waals surface area contributed by atoms with E-state index in [0.717, 1.165) is 77.0 Å². The summed E-state index contributed by atoms with van der Waals surface area (Å²) < 4.78 is 22.8. The van der Waals surface area contributed by atoms with Crippen LogP contribution in [0.15, 0.2) is 0 Å². The molecule has 0 saturated carbocycles. The molecule has 5 N–H and O–H groups in total. The van der Waals surface area contributed by atoms with E-state index in [1.54, 1.807) is 0 Å². The van der Waals surface area contributed by atoms with Crippen molar-refractivity contribution >= 4 is 0 Å². The Morgan fingerprint density at radius 3 is 0.941 bits per heavy atom. The van der Waals surface area contributed by atoms with Crippen molar-refractivity contribution in [3.8, 4) is 0 Å². The lowest BCUT2D eigenvalue weighted by Crippen LogP contribution is -2.48. The van der Waals surface area contributed by atoms with Crippen LogP contribution in [0.2, 0.25) is 0 Å². The lowest BCUT2D eigenvalue weighted by molar-refractivity contribution is -0.0174.